The van der Waals surface area contributed by atoms with Gasteiger partial charge in [0.1, 0.15) is 6.33 Å². The Balaban J connectivity index is 2.40. The molecule has 0 atom stereocenters. The zero-order valence-corrected chi connectivity index (χ0v) is 9.51. The highest BCUT2D eigenvalue weighted by atomic mass is 16.2. The molecule has 1 N–H and O–H groups in total. The van der Waals surface area contributed by atoms with Crippen molar-refractivity contribution in [3.63, 3.8) is 0 Å². The molecule has 0 radical (unpaired) electrons. The third-order valence-electron chi connectivity index (χ3n) is 2.25. The number of likely N-dealkylation sites (N-methyl/N-ethyl adjacent to an activating group) is 1. The van der Waals surface area contributed by atoms with Crippen molar-refractivity contribution in [1.82, 2.24) is 19.8 Å². The van der Waals surface area contributed by atoms with Gasteiger partial charge in [-0.1, -0.05) is 0 Å². The predicted octanol–water partition coefficient (Wildman–Crippen LogP) is 0.309. The van der Waals surface area contributed by atoms with Crippen molar-refractivity contribution in [1.29, 1.82) is 0 Å². The number of hydrogen-bond acceptors (Lipinski definition) is 3. The topological polar surface area (TPSA) is 67.2 Å². The maximum absolute atomic E-state index is 11.6. The summed E-state index contributed by atoms with van der Waals surface area (Å²) in [7, 11) is 0. The van der Waals surface area contributed by atoms with E-state index in [1.165, 1.54) is 23.3 Å². The molecule has 0 aromatic carbocycles. The van der Waals surface area contributed by atoms with Gasteiger partial charge in [-0.25, -0.2) is 9.78 Å². The Labute approximate surface area is 94.3 Å². The quantitative estimate of drug-likeness (QED) is 0.800. The highest BCUT2D eigenvalue weighted by Crippen LogP contribution is 1.89. The number of rotatable bonds is 4. The van der Waals surface area contributed by atoms with Gasteiger partial charge in [0.25, 0.3) is 0 Å². The SMILES string of the molecule is CCN(CC)C(=O)CNC(=O)n1ccnc1. The molecular formula is C10H16N4O2. The normalized spacial score (nSPS) is 9.88. The van der Waals surface area contributed by atoms with E-state index in [9.17, 15) is 9.59 Å². The molecule has 0 saturated heterocycles. The molecule has 6 heteroatoms. The largest absolute Gasteiger partial charge is 0.342 e. The Morgan fingerprint density at radius 1 is 1.38 bits per heavy atom. The minimum Gasteiger partial charge on any atom is -0.342 e. The van der Waals surface area contributed by atoms with E-state index in [0.29, 0.717) is 13.1 Å². The summed E-state index contributed by atoms with van der Waals surface area (Å²) in [4.78, 5) is 28.4. The Morgan fingerprint density at radius 3 is 2.56 bits per heavy atom. The Hall–Kier alpha value is -1.85. The number of carbonyl (C=O) groups excluding carboxylic acids is 2. The Morgan fingerprint density at radius 2 is 2.06 bits per heavy atom. The van der Waals surface area contributed by atoms with E-state index in [-0.39, 0.29) is 18.5 Å². The van der Waals surface area contributed by atoms with Crippen molar-refractivity contribution in [2.45, 2.75) is 13.8 Å². The van der Waals surface area contributed by atoms with Crippen molar-refractivity contribution in [3.8, 4) is 0 Å². The molecule has 88 valence electrons. The number of amides is 2. The number of nitrogens with zero attached hydrogens (tertiary/aromatic N) is 3. The molecule has 0 bridgehead atoms. The fourth-order valence-corrected chi connectivity index (χ4v) is 1.31. The molecule has 1 aromatic rings. The molecular weight excluding hydrogens is 208 g/mol. The van der Waals surface area contributed by atoms with Crippen LogP contribution in [-0.2, 0) is 4.79 Å². The highest BCUT2D eigenvalue weighted by Gasteiger charge is 2.11. The number of hydrogen-bond donors (Lipinski definition) is 1. The van der Waals surface area contributed by atoms with Gasteiger partial charge < -0.3 is 10.2 Å². The van der Waals surface area contributed by atoms with Gasteiger partial charge in [0.05, 0.1) is 6.54 Å². The minimum absolute atomic E-state index is 0.0126. The third-order valence-corrected chi connectivity index (χ3v) is 2.25. The second kappa shape index (κ2) is 5.89. The van der Waals surface area contributed by atoms with Crippen LogP contribution >= 0.6 is 0 Å². The van der Waals surface area contributed by atoms with Crippen LogP contribution in [0.25, 0.3) is 0 Å². The number of imidazole rings is 1. The Bertz CT molecular complexity index is 344. The maximum Gasteiger partial charge on any atom is 0.327 e. The highest BCUT2D eigenvalue weighted by molar-refractivity contribution is 5.84. The van der Waals surface area contributed by atoms with E-state index in [4.69, 9.17) is 0 Å². The molecule has 6 nitrogen and oxygen atoms in total. The van der Waals surface area contributed by atoms with Gasteiger partial charge in [0, 0.05) is 25.5 Å². The van der Waals surface area contributed by atoms with Crippen molar-refractivity contribution >= 4 is 11.9 Å². The lowest BCUT2D eigenvalue weighted by atomic mass is 10.4. The van der Waals surface area contributed by atoms with Gasteiger partial charge in [-0.3, -0.25) is 9.36 Å². The summed E-state index contributed by atoms with van der Waals surface area (Å²) >= 11 is 0. The van der Waals surface area contributed by atoms with Crippen LogP contribution in [0.3, 0.4) is 0 Å². The first-order valence-electron chi connectivity index (χ1n) is 5.23. The average Bonchev–Trinajstić information content (AvgIpc) is 2.81. The molecule has 0 unspecified atom stereocenters. The van der Waals surface area contributed by atoms with E-state index in [0.717, 1.165) is 0 Å². The first-order chi connectivity index (χ1) is 7.69. The molecule has 16 heavy (non-hydrogen) atoms. The molecule has 0 aliphatic heterocycles. The van der Waals surface area contributed by atoms with E-state index in [2.05, 4.69) is 10.3 Å². The molecule has 0 fully saturated rings. The lowest BCUT2D eigenvalue weighted by Crippen LogP contribution is -2.41. The van der Waals surface area contributed by atoms with Crippen LogP contribution in [0.5, 0.6) is 0 Å². The first-order valence-corrected chi connectivity index (χ1v) is 5.23. The maximum atomic E-state index is 11.6. The summed E-state index contributed by atoms with van der Waals surface area (Å²) in [5.74, 6) is -0.0848. The molecule has 0 saturated carbocycles. The van der Waals surface area contributed by atoms with Crippen LogP contribution < -0.4 is 5.32 Å². The molecule has 0 aliphatic carbocycles. The van der Waals surface area contributed by atoms with E-state index >= 15 is 0 Å². The van der Waals surface area contributed by atoms with Crippen LogP contribution in [-0.4, -0.2) is 46.0 Å². The summed E-state index contributed by atoms with van der Waals surface area (Å²) in [6, 6.07) is -0.349. The fourth-order valence-electron chi connectivity index (χ4n) is 1.31. The van der Waals surface area contributed by atoms with Crippen LogP contribution in [0.2, 0.25) is 0 Å². The summed E-state index contributed by atoms with van der Waals surface area (Å²) in [5, 5.41) is 2.53. The van der Waals surface area contributed by atoms with Crippen molar-refractivity contribution in [2.75, 3.05) is 19.6 Å². The fraction of sp³-hybridized carbons (Fsp3) is 0.500. The molecule has 1 aromatic heterocycles. The van der Waals surface area contributed by atoms with Crippen LogP contribution in [0.1, 0.15) is 13.8 Å². The van der Waals surface area contributed by atoms with Crippen molar-refractivity contribution in [3.05, 3.63) is 18.7 Å². The second-order valence-corrected chi connectivity index (χ2v) is 3.19. The van der Waals surface area contributed by atoms with Gasteiger partial charge >= 0.3 is 6.03 Å². The molecule has 0 spiro atoms. The summed E-state index contributed by atoms with van der Waals surface area (Å²) in [6.45, 7) is 5.11. The molecule has 1 rings (SSSR count). The van der Waals surface area contributed by atoms with Crippen LogP contribution in [0.4, 0.5) is 4.79 Å². The van der Waals surface area contributed by atoms with Crippen LogP contribution in [0.15, 0.2) is 18.7 Å². The van der Waals surface area contributed by atoms with Gasteiger partial charge in [0.15, 0.2) is 0 Å². The van der Waals surface area contributed by atoms with E-state index in [1.807, 2.05) is 13.8 Å². The third kappa shape index (κ3) is 3.08. The number of carbonyl (C=O) groups is 2. The second-order valence-electron chi connectivity index (χ2n) is 3.19. The van der Waals surface area contributed by atoms with Gasteiger partial charge in [0.2, 0.25) is 5.91 Å². The molecule has 0 aliphatic rings. The standard InChI is InChI=1S/C10H16N4O2/c1-3-13(4-2)9(15)7-12-10(16)14-6-5-11-8-14/h5-6,8H,3-4,7H2,1-2H3,(H,12,16). The van der Waals surface area contributed by atoms with E-state index < -0.39 is 0 Å². The smallest absolute Gasteiger partial charge is 0.327 e. The first kappa shape index (κ1) is 12.2. The number of nitrogens with one attached hydrogen (secondary N) is 1. The summed E-state index contributed by atoms with van der Waals surface area (Å²) in [5.41, 5.74) is 0. The van der Waals surface area contributed by atoms with Gasteiger partial charge in [-0.05, 0) is 13.8 Å². The predicted molar refractivity (Wildman–Crippen MR) is 59.0 cm³/mol. The van der Waals surface area contributed by atoms with E-state index in [1.54, 1.807) is 4.90 Å². The molecule has 2 amide bonds. The van der Waals surface area contributed by atoms with Gasteiger partial charge in [-0.15, -0.1) is 0 Å². The zero-order valence-electron chi connectivity index (χ0n) is 9.51. The Kier molecular flexibility index (Phi) is 4.50. The monoisotopic (exact) mass is 224 g/mol. The molecule has 1 heterocycles. The summed E-state index contributed by atoms with van der Waals surface area (Å²) in [6.07, 6.45) is 4.42. The van der Waals surface area contributed by atoms with Crippen molar-refractivity contribution in [2.24, 2.45) is 0 Å². The lowest BCUT2D eigenvalue weighted by molar-refractivity contribution is -0.129. The minimum atomic E-state index is -0.349. The lowest BCUT2D eigenvalue weighted by Gasteiger charge is -2.18. The summed E-state index contributed by atoms with van der Waals surface area (Å²) < 4.78 is 1.29. The zero-order chi connectivity index (χ0) is 12.0. The van der Waals surface area contributed by atoms with Gasteiger partial charge in [-0.2, -0.15) is 0 Å². The number of aromatic nitrogens is 2. The van der Waals surface area contributed by atoms with Crippen LogP contribution in [0, 0.1) is 0 Å². The average molecular weight is 224 g/mol. The van der Waals surface area contributed by atoms with Crippen molar-refractivity contribution < 1.29 is 9.59 Å².